The number of carbonyl (C=O) groups is 2. The Balaban J connectivity index is 1.56. The van der Waals surface area contributed by atoms with Crippen LogP contribution in [0, 0.1) is 6.92 Å². The average Bonchev–Trinajstić information content (AvgIpc) is 3.15. The predicted octanol–water partition coefficient (Wildman–Crippen LogP) is 3.77. The Morgan fingerprint density at radius 3 is 2.20 bits per heavy atom. The molecule has 7 heteroatoms. The van der Waals surface area contributed by atoms with Gasteiger partial charge in [0.15, 0.2) is 0 Å². The summed E-state index contributed by atoms with van der Waals surface area (Å²) < 4.78 is 0. The Morgan fingerprint density at radius 2 is 1.57 bits per heavy atom. The third kappa shape index (κ3) is 4.31. The zero-order valence-corrected chi connectivity index (χ0v) is 19.9. The van der Waals surface area contributed by atoms with Gasteiger partial charge in [0.05, 0.1) is 11.6 Å². The molecule has 2 aliphatic rings. The van der Waals surface area contributed by atoms with Crippen molar-refractivity contribution < 1.29 is 14.7 Å². The van der Waals surface area contributed by atoms with Crippen LogP contribution in [0.1, 0.15) is 22.7 Å². The monoisotopic (exact) mass is 468 g/mol. The smallest absolute Gasteiger partial charge is 0.300 e. The maximum atomic E-state index is 13.3. The van der Waals surface area contributed by atoms with E-state index < -0.39 is 17.7 Å². The van der Waals surface area contributed by atoms with Crippen molar-refractivity contribution in [2.24, 2.45) is 0 Å². The molecular weight excluding hydrogens is 440 g/mol. The number of hydrogen-bond donors (Lipinski definition) is 1. The van der Waals surface area contributed by atoms with Gasteiger partial charge in [-0.1, -0.05) is 35.9 Å². The lowest BCUT2D eigenvalue weighted by Gasteiger charge is -2.34. The summed E-state index contributed by atoms with van der Waals surface area (Å²) >= 11 is 0. The van der Waals surface area contributed by atoms with E-state index in [0.717, 1.165) is 37.4 Å². The van der Waals surface area contributed by atoms with Crippen molar-refractivity contribution in [1.29, 1.82) is 0 Å². The first-order valence-corrected chi connectivity index (χ1v) is 11.8. The summed E-state index contributed by atoms with van der Waals surface area (Å²) in [5.74, 6) is -1.56. The summed E-state index contributed by atoms with van der Waals surface area (Å²) in [6.45, 7) is 5.82. The first-order chi connectivity index (χ1) is 16.9. The first-order valence-electron chi connectivity index (χ1n) is 11.8. The number of likely N-dealkylation sites (N-methyl/N-ethyl adjacent to an activating group) is 1. The number of amides is 1. The number of anilines is 2. The number of aliphatic hydroxyl groups is 1. The fourth-order valence-electron chi connectivity index (χ4n) is 4.71. The van der Waals surface area contributed by atoms with Crippen LogP contribution >= 0.6 is 0 Å². The molecule has 0 bridgehead atoms. The summed E-state index contributed by atoms with van der Waals surface area (Å²) in [6.07, 6.45) is 3.27. The molecule has 1 aromatic heterocycles. The molecular formula is C28H28N4O3. The maximum absolute atomic E-state index is 13.3. The van der Waals surface area contributed by atoms with Crippen molar-refractivity contribution in [2.45, 2.75) is 13.0 Å². The summed E-state index contributed by atoms with van der Waals surface area (Å²) in [7, 11) is 2.12. The zero-order chi connectivity index (χ0) is 24.5. The third-order valence-corrected chi connectivity index (χ3v) is 6.77. The minimum atomic E-state index is -0.778. The van der Waals surface area contributed by atoms with Crippen LogP contribution < -0.4 is 9.80 Å². The van der Waals surface area contributed by atoms with Crippen LogP contribution in [0.15, 0.2) is 78.6 Å². The van der Waals surface area contributed by atoms with E-state index >= 15 is 0 Å². The SMILES string of the molecule is Cc1ccc(/C(O)=C2\C(=O)C(=O)N(c3ccc(N4CCN(C)CC4)cc3)C2c2cccnc2)cc1. The van der Waals surface area contributed by atoms with E-state index in [1.807, 2.05) is 49.4 Å². The van der Waals surface area contributed by atoms with Gasteiger partial charge in [-0.25, -0.2) is 0 Å². The van der Waals surface area contributed by atoms with Crippen molar-refractivity contribution in [3.8, 4) is 0 Å². The van der Waals surface area contributed by atoms with E-state index in [9.17, 15) is 14.7 Å². The number of aliphatic hydroxyl groups excluding tert-OH is 1. The summed E-state index contributed by atoms with van der Waals surface area (Å²) in [4.78, 5) is 36.8. The molecule has 3 heterocycles. The van der Waals surface area contributed by atoms with Gasteiger partial charge in [-0.05, 0) is 49.9 Å². The minimum Gasteiger partial charge on any atom is -0.507 e. The van der Waals surface area contributed by atoms with Crippen molar-refractivity contribution in [3.63, 3.8) is 0 Å². The standard InChI is InChI=1S/C28H28N4O3/c1-19-5-7-20(8-6-19)26(33)24-25(21-4-3-13-29-18-21)32(28(35)27(24)34)23-11-9-22(10-12-23)31-16-14-30(2)15-17-31/h3-13,18,25,33H,14-17H2,1-2H3/b26-24+. The van der Waals surface area contributed by atoms with E-state index in [4.69, 9.17) is 0 Å². The lowest BCUT2D eigenvalue weighted by atomic mass is 9.96. The van der Waals surface area contributed by atoms with Gasteiger partial charge < -0.3 is 14.9 Å². The molecule has 5 rings (SSSR count). The second-order valence-corrected chi connectivity index (χ2v) is 9.13. The van der Waals surface area contributed by atoms with E-state index in [0.29, 0.717) is 16.8 Å². The lowest BCUT2D eigenvalue weighted by molar-refractivity contribution is -0.132. The molecule has 178 valence electrons. The Morgan fingerprint density at radius 1 is 0.914 bits per heavy atom. The van der Waals surface area contributed by atoms with E-state index in [2.05, 4.69) is 21.8 Å². The van der Waals surface area contributed by atoms with Crippen molar-refractivity contribution in [2.75, 3.05) is 43.0 Å². The van der Waals surface area contributed by atoms with Gasteiger partial charge in [0.2, 0.25) is 0 Å². The van der Waals surface area contributed by atoms with Crippen LogP contribution in [-0.4, -0.2) is 59.9 Å². The quantitative estimate of drug-likeness (QED) is 0.357. The highest BCUT2D eigenvalue weighted by Crippen LogP contribution is 2.42. The van der Waals surface area contributed by atoms with Crippen LogP contribution in [0.25, 0.3) is 5.76 Å². The van der Waals surface area contributed by atoms with Crippen molar-refractivity contribution in [1.82, 2.24) is 9.88 Å². The van der Waals surface area contributed by atoms with Crippen molar-refractivity contribution >= 4 is 28.8 Å². The Kier molecular flexibility index (Phi) is 6.09. The van der Waals surface area contributed by atoms with E-state index in [-0.39, 0.29) is 11.3 Å². The number of aryl methyl sites for hydroxylation is 1. The predicted molar refractivity (Wildman–Crippen MR) is 136 cm³/mol. The highest BCUT2D eigenvalue weighted by atomic mass is 16.3. The Hall–Kier alpha value is -3.97. The largest absolute Gasteiger partial charge is 0.507 e. The van der Waals surface area contributed by atoms with E-state index in [1.165, 1.54) is 4.90 Å². The second kappa shape index (κ2) is 9.35. The van der Waals surface area contributed by atoms with Gasteiger partial charge in [-0.15, -0.1) is 0 Å². The number of rotatable bonds is 4. The minimum absolute atomic E-state index is 0.0648. The summed E-state index contributed by atoms with van der Waals surface area (Å²) in [5, 5.41) is 11.2. The third-order valence-electron chi connectivity index (χ3n) is 6.77. The Bertz CT molecular complexity index is 1260. The van der Waals surface area contributed by atoms with E-state index in [1.54, 1.807) is 30.6 Å². The number of piperazine rings is 1. The molecule has 7 nitrogen and oxygen atoms in total. The number of carbonyl (C=O) groups excluding carboxylic acids is 2. The molecule has 0 saturated carbocycles. The molecule has 35 heavy (non-hydrogen) atoms. The van der Waals surface area contributed by atoms with Crippen LogP contribution in [0.5, 0.6) is 0 Å². The van der Waals surface area contributed by atoms with Crippen LogP contribution in [0.4, 0.5) is 11.4 Å². The molecule has 1 amide bonds. The first kappa shape index (κ1) is 22.8. The fourth-order valence-corrected chi connectivity index (χ4v) is 4.71. The number of pyridine rings is 1. The van der Waals surface area contributed by atoms with Gasteiger partial charge in [-0.3, -0.25) is 19.5 Å². The number of Topliss-reactive ketones (excluding diaryl/α,β-unsaturated/α-hetero) is 1. The van der Waals surface area contributed by atoms with Gasteiger partial charge in [0.1, 0.15) is 5.76 Å². The summed E-state index contributed by atoms with van der Waals surface area (Å²) in [6, 6.07) is 17.7. The van der Waals surface area contributed by atoms with Crippen LogP contribution in [0.3, 0.4) is 0 Å². The zero-order valence-electron chi connectivity index (χ0n) is 19.9. The topological polar surface area (TPSA) is 77.0 Å². The molecule has 1 unspecified atom stereocenters. The summed E-state index contributed by atoms with van der Waals surface area (Å²) in [5.41, 5.74) is 3.93. The second-order valence-electron chi connectivity index (χ2n) is 9.13. The molecule has 2 aliphatic heterocycles. The average molecular weight is 469 g/mol. The molecule has 0 radical (unpaired) electrons. The number of hydrogen-bond acceptors (Lipinski definition) is 6. The highest BCUT2D eigenvalue weighted by Gasteiger charge is 2.47. The number of aromatic nitrogens is 1. The normalized spacial score (nSPS) is 20.5. The molecule has 1 atom stereocenters. The molecule has 0 aliphatic carbocycles. The Labute approximate surface area is 204 Å². The number of ketones is 1. The van der Waals surface area contributed by atoms with Gasteiger partial charge in [0.25, 0.3) is 11.7 Å². The van der Waals surface area contributed by atoms with Crippen LogP contribution in [-0.2, 0) is 9.59 Å². The molecule has 1 N–H and O–H groups in total. The maximum Gasteiger partial charge on any atom is 0.300 e. The fraction of sp³-hybridized carbons (Fsp3) is 0.250. The molecule has 2 fully saturated rings. The lowest BCUT2D eigenvalue weighted by Crippen LogP contribution is -2.44. The molecule has 3 aromatic rings. The molecule has 2 aromatic carbocycles. The number of benzene rings is 2. The highest BCUT2D eigenvalue weighted by molar-refractivity contribution is 6.51. The number of nitrogens with zero attached hydrogens (tertiary/aromatic N) is 4. The van der Waals surface area contributed by atoms with Gasteiger partial charge in [-0.2, -0.15) is 0 Å². The van der Waals surface area contributed by atoms with Gasteiger partial charge in [0, 0.05) is 55.5 Å². The molecule has 0 spiro atoms. The van der Waals surface area contributed by atoms with Crippen molar-refractivity contribution in [3.05, 3.63) is 95.3 Å². The molecule has 2 saturated heterocycles. The van der Waals surface area contributed by atoms with Gasteiger partial charge >= 0.3 is 0 Å². The van der Waals surface area contributed by atoms with Crippen LogP contribution in [0.2, 0.25) is 0 Å².